The van der Waals surface area contributed by atoms with Crippen LogP contribution in [0.5, 0.6) is 11.5 Å². The first-order valence-electron chi connectivity index (χ1n) is 10.9. The fourth-order valence-corrected chi connectivity index (χ4v) is 4.22. The van der Waals surface area contributed by atoms with Crippen LogP contribution in [0.1, 0.15) is 87.0 Å². The largest absolute Gasteiger partial charge is 0.487 e. The van der Waals surface area contributed by atoms with Crippen LogP contribution in [-0.2, 0) is 11.2 Å². The van der Waals surface area contributed by atoms with E-state index in [1.165, 1.54) is 37.7 Å². The topological polar surface area (TPSA) is 71.7 Å². The Morgan fingerprint density at radius 1 is 1.03 bits per heavy atom. The van der Waals surface area contributed by atoms with Crippen molar-refractivity contribution in [3.63, 3.8) is 0 Å². The molecule has 0 radical (unpaired) electrons. The van der Waals surface area contributed by atoms with Crippen molar-refractivity contribution >= 4 is 0 Å². The van der Waals surface area contributed by atoms with E-state index in [0.717, 1.165) is 53.9 Å². The van der Waals surface area contributed by atoms with Crippen molar-refractivity contribution in [2.45, 2.75) is 97.5 Å². The zero-order valence-electron chi connectivity index (χ0n) is 18.6. The van der Waals surface area contributed by atoms with Crippen molar-refractivity contribution in [3.8, 4) is 17.6 Å². The van der Waals surface area contributed by atoms with Crippen molar-refractivity contribution in [1.29, 1.82) is 5.26 Å². The molecule has 0 bridgehead atoms. The molecule has 0 spiro atoms. The van der Waals surface area contributed by atoms with Gasteiger partial charge in [-0.15, -0.1) is 0 Å². The van der Waals surface area contributed by atoms with Gasteiger partial charge >= 0.3 is 0 Å². The lowest BCUT2D eigenvalue weighted by molar-refractivity contribution is -0.0658. The van der Waals surface area contributed by atoms with Crippen molar-refractivity contribution < 1.29 is 19.3 Å². The fraction of sp³-hybridized carbons (Fsp3) is 0.708. The Kier molecular flexibility index (Phi) is 9.26. The molecule has 1 heterocycles. The number of aliphatic hydroxyl groups is 1. The number of unbranched alkanes of at least 4 members (excludes halogenated alkanes) is 6. The van der Waals surface area contributed by atoms with Gasteiger partial charge in [0, 0.05) is 12.0 Å². The average Bonchev–Trinajstić information content (AvgIpc) is 2.71. The third kappa shape index (κ3) is 6.35. The Morgan fingerprint density at radius 3 is 2.41 bits per heavy atom. The standard InChI is InChI=1S/C24H37NO4/c1-18-19(2)23-21(20(3)22(18)28-17-27-16-26)12-14-24(4,29-23)13-10-8-6-5-7-9-11-15-25/h26H,5-14,16-17H2,1-4H3. The molecule has 29 heavy (non-hydrogen) atoms. The molecule has 0 amide bonds. The first-order chi connectivity index (χ1) is 13.9. The maximum Gasteiger partial charge on any atom is 0.191 e. The molecular formula is C24H37NO4. The van der Waals surface area contributed by atoms with Crippen LogP contribution in [0.3, 0.4) is 0 Å². The number of fused-ring (bicyclic) bond motifs is 1. The molecule has 1 aliphatic heterocycles. The number of benzene rings is 1. The van der Waals surface area contributed by atoms with Gasteiger partial charge in [-0.05, 0) is 76.5 Å². The molecule has 1 aliphatic rings. The van der Waals surface area contributed by atoms with Crippen LogP contribution in [0.4, 0.5) is 0 Å². The monoisotopic (exact) mass is 403 g/mol. The molecular weight excluding hydrogens is 366 g/mol. The van der Waals surface area contributed by atoms with Gasteiger partial charge < -0.3 is 19.3 Å². The number of ether oxygens (including phenoxy) is 3. The maximum atomic E-state index is 8.81. The summed E-state index contributed by atoms with van der Waals surface area (Å²) >= 11 is 0. The molecule has 0 aliphatic carbocycles. The van der Waals surface area contributed by atoms with Crippen LogP contribution >= 0.6 is 0 Å². The Labute approximate surface area is 176 Å². The van der Waals surface area contributed by atoms with Crippen LogP contribution in [0.25, 0.3) is 0 Å². The Balaban J connectivity index is 1.94. The number of nitrogens with zero attached hydrogens (tertiary/aromatic N) is 1. The smallest absolute Gasteiger partial charge is 0.191 e. The normalized spacial score (nSPS) is 18.1. The van der Waals surface area contributed by atoms with Gasteiger partial charge in [-0.2, -0.15) is 5.26 Å². The highest BCUT2D eigenvalue weighted by molar-refractivity contribution is 5.59. The molecule has 1 unspecified atom stereocenters. The molecule has 5 nitrogen and oxygen atoms in total. The molecule has 0 saturated carbocycles. The van der Waals surface area contributed by atoms with E-state index in [9.17, 15) is 0 Å². The first-order valence-corrected chi connectivity index (χ1v) is 10.9. The van der Waals surface area contributed by atoms with Gasteiger partial charge in [0.1, 0.15) is 23.9 Å². The Bertz CT molecular complexity index is 710. The third-order valence-electron chi connectivity index (χ3n) is 6.19. The van der Waals surface area contributed by atoms with Crippen LogP contribution in [0.15, 0.2) is 0 Å². The first kappa shape index (κ1) is 23.5. The molecule has 1 aromatic rings. The zero-order valence-corrected chi connectivity index (χ0v) is 18.6. The minimum atomic E-state index is -0.344. The second-order valence-corrected chi connectivity index (χ2v) is 8.44. The van der Waals surface area contributed by atoms with E-state index >= 15 is 0 Å². The SMILES string of the molecule is Cc1c(C)c2c(c(C)c1OCOCO)CCC(C)(CCCCCCCCC#N)O2. The van der Waals surface area contributed by atoms with Crippen LogP contribution in [0.2, 0.25) is 0 Å². The highest BCUT2D eigenvalue weighted by atomic mass is 16.7. The third-order valence-corrected chi connectivity index (χ3v) is 6.19. The van der Waals surface area contributed by atoms with Gasteiger partial charge in [0.05, 0.1) is 6.07 Å². The molecule has 1 atom stereocenters. The van der Waals surface area contributed by atoms with E-state index in [-0.39, 0.29) is 19.2 Å². The number of aliphatic hydroxyl groups excluding tert-OH is 1. The summed E-state index contributed by atoms with van der Waals surface area (Å²) < 4.78 is 17.3. The summed E-state index contributed by atoms with van der Waals surface area (Å²) in [6, 6.07) is 2.21. The molecule has 0 fully saturated rings. The van der Waals surface area contributed by atoms with Crippen LogP contribution in [0, 0.1) is 32.1 Å². The minimum absolute atomic E-state index is 0.0471. The molecule has 1 N–H and O–H groups in total. The predicted octanol–water partition coefficient (Wildman–Crippen LogP) is 5.64. The van der Waals surface area contributed by atoms with Gasteiger partial charge in [-0.1, -0.05) is 25.7 Å². The minimum Gasteiger partial charge on any atom is -0.487 e. The van der Waals surface area contributed by atoms with Gasteiger partial charge in [-0.3, -0.25) is 0 Å². The van der Waals surface area contributed by atoms with Crippen molar-refractivity contribution in [2.75, 3.05) is 13.6 Å². The summed E-state index contributed by atoms with van der Waals surface area (Å²) in [5.74, 6) is 1.87. The van der Waals surface area contributed by atoms with Crippen LogP contribution in [-0.4, -0.2) is 24.3 Å². The zero-order chi connectivity index (χ0) is 21.3. The Hall–Kier alpha value is -1.77. The van der Waals surface area contributed by atoms with Gasteiger partial charge in [0.25, 0.3) is 0 Å². The molecule has 0 saturated heterocycles. The molecule has 5 heteroatoms. The fourth-order valence-electron chi connectivity index (χ4n) is 4.22. The Morgan fingerprint density at radius 2 is 1.72 bits per heavy atom. The lowest BCUT2D eigenvalue weighted by Crippen LogP contribution is -2.37. The number of rotatable bonds is 12. The predicted molar refractivity (Wildman–Crippen MR) is 114 cm³/mol. The van der Waals surface area contributed by atoms with E-state index in [2.05, 4.69) is 33.8 Å². The van der Waals surface area contributed by atoms with E-state index < -0.39 is 0 Å². The van der Waals surface area contributed by atoms with Gasteiger partial charge in [-0.25, -0.2) is 0 Å². The second kappa shape index (κ2) is 11.4. The highest BCUT2D eigenvalue weighted by Gasteiger charge is 2.34. The molecule has 162 valence electrons. The summed E-state index contributed by atoms with van der Waals surface area (Å²) in [6.45, 7) is 8.18. The quantitative estimate of drug-likeness (QED) is 0.361. The van der Waals surface area contributed by atoms with Gasteiger partial charge in [0.2, 0.25) is 0 Å². The molecule has 2 rings (SSSR count). The average molecular weight is 404 g/mol. The van der Waals surface area contributed by atoms with E-state index in [4.69, 9.17) is 24.6 Å². The number of nitriles is 1. The number of hydrogen-bond donors (Lipinski definition) is 1. The lowest BCUT2D eigenvalue weighted by Gasteiger charge is -2.38. The van der Waals surface area contributed by atoms with Crippen molar-refractivity contribution in [3.05, 3.63) is 22.3 Å². The highest BCUT2D eigenvalue weighted by Crippen LogP contribution is 2.44. The lowest BCUT2D eigenvalue weighted by atomic mass is 9.84. The number of hydrogen-bond acceptors (Lipinski definition) is 5. The molecule has 0 aromatic heterocycles. The van der Waals surface area contributed by atoms with Crippen molar-refractivity contribution in [1.82, 2.24) is 0 Å². The van der Waals surface area contributed by atoms with E-state index in [0.29, 0.717) is 6.42 Å². The molecule has 1 aromatic carbocycles. The maximum absolute atomic E-state index is 8.81. The summed E-state index contributed by atoms with van der Waals surface area (Å²) in [5.41, 5.74) is 4.45. The van der Waals surface area contributed by atoms with Crippen molar-refractivity contribution in [2.24, 2.45) is 0 Å². The van der Waals surface area contributed by atoms with E-state index in [1.54, 1.807) is 0 Å². The summed E-state index contributed by atoms with van der Waals surface area (Å²) in [5, 5.41) is 17.4. The summed E-state index contributed by atoms with van der Waals surface area (Å²) in [7, 11) is 0. The summed E-state index contributed by atoms with van der Waals surface area (Å²) in [6.07, 6.45) is 10.8. The second-order valence-electron chi connectivity index (χ2n) is 8.44. The van der Waals surface area contributed by atoms with Gasteiger partial charge in [0.15, 0.2) is 6.79 Å². The summed E-state index contributed by atoms with van der Waals surface area (Å²) in [4.78, 5) is 0. The van der Waals surface area contributed by atoms with Crippen LogP contribution < -0.4 is 9.47 Å². The van der Waals surface area contributed by atoms with E-state index in [1.807, 2.05) is 0 Å².